The number of benzene rings is 1. The highest BCUT2D eigenvalue weighted by atomic mass is 16.5. The maximum atomic E-state index is 5.67. The van der Waals surface area contributed by atoms with Crippen LogP contribution in [0.1, 0.15) is 45.1 Å². The molecule has 16 heavy (non-hydrogen) atoms. The monoisotopic (exact) mass is 220 g/mol. The molecule has 0 heterocycles. The Hall–Kier alpha value is -0.820. The van der Waals surface area contributed by atoms with Crippen LogP contribution in [-0.2, 0) is 11.3 Å². The first kappa shape index (κ1) is 13.2. The van der Waals surface area contributed by atoms with Gasteiger partial charge in [-0.25, -0.2) is 0 Å². The lowest BCUT2D eigenvalue weighted by Gasteiger charge is -2.10. The van der Waals surface area contributed by atoms with Gasteiger partial charge in [-0.3, -0.25) is 0 Å². The molecule has 1 rings (SSSR count). The van der Waals surface area contributed by atoms with Crippen molar-refractivity contribution in [3.8, 4) is 0 Å². The lowest BCUT2D eigenvalue weighted by molar-refractivity contribution is 0.108. The van der Waals surface area contributed by atoms with Crippen molar-refractivity contribution in [2.45, 2.75) is 46.1 Å². The van der Waals surface area contributed by atoms with Crippen LogP contribution in [0.4, 0.5) is 0 Å². The first-order valence-electron chi connectivity index (χ1n) is 6.44. The van der Waals surface area contributed by atoms with Gasteiger partial charge >= 0.3 is 0 Å². The molecule has 0 amide bonds. The quantitative estimate of drug-likeness (QED) is 0.589. The van der Waals surface area contributed by atoms with Crippen LogP contribution in [0.3, 0.4) is 0 Å². The van der Waals surface area contributed by atoms with Gasteiger partial charge in [0.2, 0.25) is 0 Å². The number of ether oxygens (including phenoxy) is 1. The minimum absolute atomic E-state index is 0.751. The Balaban J connectivity index is 2.03. The molecular formula is C15H24O. The second kappa shape index (κ2) is 8.35. The zero-order valence-electron chi connectivity index (χ0n) is 10.6. The normalized spacial score (nSPS) is 12.6. The van der Waals surface area contributed by atoms with Crippen molar-refractivity contribution < 1.29 is 4.74 Å². The van der Waals surface area contributed by atoms with Gasteiger partial charge < -0.3 is 4.74 Å². The van der Waals surface area contributed by atoms with Crippen LogP contribution >= 0.6 is 0 Å². The summed E-state index contributed by atoms with van der Waals surface area (Å²) in [5.41, 5.74) is 1.27. The molecular weight excluding hydrogens is 196 g/mol. The van der Waals surface area contributed by atoms with Gasteiger partial charge in [0.25, 0.3) is 0 Å². The van der Waals surface area contributed by atoms with Crippen molar-refractivity contribution in [3.63, 3.8) is 0 Å². The maximum Gasteiger partial charge on any atom is 0.0716 e. The Bertz CT molecular complexity index is 255. The van der Waals surface area contributed by atoms with Crippen LogP contribution < -0.4 is 0 Å². The van der Waals surface area contributed by atoms with Crippen molar-refractivity contribution in [1.29, 1.82) is 0 Å². The highest BCUT2D eigenvalue weighted by Crippen LogP contribution is 2.12. The molecule has 0 radical (unpaired) electrons. The molecule has 0 aliphatic carbocycles. The van der Waals surface area contributed by atoms with Gasteiger partial charge in [-0.2, -0.15) is 0 Å². The van der Waals surface area contributed by atoms with E-state index in [4.69, 9.17) is 4.74 Å². The molecule has 1 aromatic carbocycles. The molecule has 1 aromatic rings. The molecule has 0 aliphatic rings. The molecule has 0 aliphatic heterocycles. The minimum atomic E-state index is 0.751. The van der Waals surface area contributed by atoms with Crippen molar-refractivity contribution >= 4 is 0 Å². The summed E-state index contributed by atoms with van der Waals surface area (Å²) < 4.78 is 5.67. The lowest BCUT2D eigenvalue weighted by atomic mass is 10.0. The molecule has 1 nitrogen and oxygen atoms in total. The zero-order chi connectivity index (χ0) is 11.6. The molecule has 1 heteroatoms. The highest BCUT2D eigenvalue weighted by molar-refractivity contribution is 5.13. The first-order chi connectivity index (χ1) is 7.83. The molecule has 0 saturated heterocycles. The molecule has 0 spiro atoms. The summed E-state index contributed by atoms with van der Waals surface area (Å²) in [6, 6.07) is 10.4. The SMILES string of the molecule is CCCC[C@@H](C)CCOCc1ccccc1. The summed E-state index contributed by atoms with van der Waals surface area (Å²) in [4.78, 5) is 0. The van der Waals surface area contributed by atoms with Gasteiger partial charge in [0.05, 0.1) is 6.61 Å². The number of unbranched alkanes of at least 4 members (excludes halogenated alkanes) is 1. The Morgan fingerprint density at radius 1 is 1.12 bits per heavy atom. The van der Waals surface area contributed by atoms with E-state index in [9.17, 15) is 0 Å². The third-order valence-electron chi connectivity index (χ3n) is 2.92. The summed E-state index contributed by atoms with van der Waals surface area (Å²) in [5, 5.41) is 0. The predicted octanol–water partition coefficient (Wildman–Crippen LogP) is 4.42. The van der Waals surface area contributed by atoms with E-state index >= 15 is 0 Å². The average Bonchev–Trinajstić information content (AvgIpc) is 2.33. The summed E-state index contributed by atoms with van der Waals surface area (Å²) >= 11 is 0. The molecule has 0 aromatic heterocycles. The maximum absolute atomic E-state index is 5.67. The van der Waals surface area contributed by atoms with Crippen molar-refractivity contribution in [1.82, 2.24) is 0 Å². The number of rotatable bonds is 8. The Morgan fingerprint density at radius 2 is 1.88 bits per heavy atom. The van der Waals surface area contributed by atoms with E-state index in [0.29, 0.717) is 0 Å². The fourth-order valence-corrected chi connectivity index (χ4v) is 1.75. The van der Waals surface area contributed by atoms with E-state index in [1.54, 1.807) is 0 Å². The number of hydrogen-bond donors (Lipinski definition) is 0. The topological polar surface area (TPSA) is 9.23 Å². The highest BCUT2D eigenvalue weighted by Gasteiger charge is 2.01. The second-order valence-electron chi connectivity index (χ2n) is 4.57. The van der Waals surface area contributed by atoms with E-state index in [2.05, 4.69) is 38.1 Å². The van der Waals surface area contributed by atoms with Crippen molar-refractivity contribution in [2.75, 3.05) is 6.61 Å². The second-order valence-corrected chi connectivity index (χ2v) is 4.57. The molecule has 0 N–H and O–H groups in total. The van der Waals surface area contributed by atoms with Gasteiger partial charge in [-0.15, -0.1) is 0 Å². The van der Waals surface area contributed by atoms with Crippen molar-refractivity contribution in [3.05, 3.63) is 35.9 Å². The van der Waals surface area contributed by atoms with Crippen LogP contribution in [0.25, 0.3) is 0 Å². The van der Waals surface area contributed by atoms with E-state index < -0.39 is 0 Å². The van der Waals surface area contributed by atoms with Crippen LogP contribution in [0.15, 0.2) is 30.3 Å². The summed E-state index contributed by atoms with van der Waals surface area (Å²) in [7, 11) is 0. The summed E-state index contributed by atoms with van der Waals surface area (Å²) in [6.45, 7) is 6.21. The third-order valence-corrected chi connectivity index (χ3v) is 2.92. The minimum Gasteiger partial charge on any atom is -0.377 e. The Kier molecular flexibility index (Phi) is 6.91. The molecule has 0 saturated carbocycles. The summed E-state index contributed by atoms with van der Waals surface area (Å²) in [5.74, 6) is 0.802. The van der Waals surface area contributed by atoms with Gasteiger partial charge in [0.1, 0.15) is 0 Å². The van der Waals surface area contributed by atoms with Crippen LogP contribution in [0.2, 0.25) is 0 Å². The fourth-order valence-electron chi connectivity index (χ4n) is 1.75. The van der Waals surface area contributed by atoms with Gasteiger partial charge in [-0.05, 0) is 17.9 Å². The van der Waals surface area contributed by atoms with E-state index in [-0.39, 0.29) is 0 Å². The predicted molar refractivity (Wildman–Crippen MR) is 69.4 cm³/mol. The first-order valence-corrected chi connectivity index (χ1v) is 6.44. The largest absolute Gasteiger partial charge is 0.377 e. The smallest absolute Gasteiger partial charge is 0.0716 e. The Morgan fingerprint density at radius 3 is 2.56 bits per heavy atom. The average molecular weight is 220 g/mol. The third kappa shape index (κ3) is 5.92. The standard InChI is InChI=1S/C15H24O/c1-3-4-8-14(2)11-12-16-13-15-9-6-5-7-10-15/h5-7,9-10,14H,3-4,8,11-13H2,1-2H3/t14-/m1/s1. The zero-order valence-corrected chi connectivity index (χ0v) is 10.6. The lowest BCUT2D eigenvalue weighted by Crippen LogP contribution is -2.02. The Labute approximate surface area is 99.8 Å². The van der Waals surface area contributed by atoms with E-state index in [1.165, 1.54) is 31.2 Å². The summed E-state index contributed by atoms with van der Waals surface area (Å²) in [6.07, 6.45) is 5.17. The van der Waals surface area contributed by atoms with Crippen LogP contribution in [0.5, 0.6) is 0 Å². The number of hydrogen-bond acceptors (Lipinski definition) is 1. The fraction of sp³-hybridized carbons (Fsp3) is 0.600. The molecule has 0 unspecified atom stereocenters. The van der Waals surface area contributed by atoms with E-state index in [1.807, 2.05) is 6.07 Å². The van der Waals surface area contributed by atoms with Crippen LogP contribution in [-0.4, -0.2) is 6.61 Å². The molecule has 90 valence electrons. The molecule has 0 fully saturated rings. The molecule has 1 atom stereocenters. The van der Waals surface area contributed by atoms with E-state index in [0.717, 1.165) is 19.1 Å². The van der Waals surface area contributed by atoms with Crippen LogP contribution in [0, 0.1) is 5.92 Å². The van der Waals surface area contributed by atoms with Crippen molar-refractivity contribution in [2.24, 2.45) is 5.92 Å². The van der Waals surface area contributed by atoms with Gasteiger partial charge in [0.15, 0.2) is 0 Å². The van der Waals surface area contributed by atoms with Gasteiger partial charge in [0, 0.05) is 6.61 Å². The molecule has 0 bridgehead atoms. The van der Waals surface area contributed by atoms with Gasteiger partial charge in [-0.1, -0.05) is 63.4 Å².